The van der Waals surface area contributed by atoms with Crippen molar-refractivity contribution in [3.05, 3.63) is 71.8 Å². The van der Waals surface area contributed by atoms with Gasteiger partial charge in [0.2, 0.25) is 0 Å². The van der Waals surface area contributed by atoms with Gasteiger partial charge in [-0.15, -0.1) is 11.3 Å². The van der Waals surface area contributed by atoms with E-state index in [0.717, 1.165) is 0 Å². The van der Waals surface area contributed by atoms with Gasteiger partial charge in [-0.3, -0.25) is 0 Å². The molecule has 0 radical (unpaired) electrons. The fourth-order valence-corrected chi connectivity index (χ4v) is 5.15. The Labute approximate surface area is 161 Å². The minimum absolute atomic E-state index is 0.632. The van der Waals surface area contributed by atoms with Gasteiger partial charge in [-0.05, 0) is 56.9 Å². The molecule has 5 aromatic rings. The zero-order valence-corrected chi connectivity index (χ0v) is 16.2. The van der Waals surface area contributed by atoms with Crippen LogP contribution in [-0.2, 0) is 22.7 Å². The summed E-state index contributed by atoms with van der Waals surface area (Å²) in [6.07, 6.45) is 0. The van der Waals surface area contributed by atoms with E-state index in [-0.39, 0.29) is 0 Å². The number of thiophene rings is 1. The molecule has 1 aromatic heterocycles. The SMILES string of the molecule is COCc1ccc2ccc3sc4ccc5ccc(COC)cc5c4c3c2c1. The van der Waals surface area contributed by atoms with Gasteiger partial charge >= 0.3 is 0 Å². The summed E-state index contributed by atoms with van der Waals surface area (Å²) in [5.74, 6) is 0. The fourth-order valence-electron chi connectivity index (χ4n) is 4.01. The molecular weight excluding hydrogens is 352 g/mol. The van der Waals surface area contributed by atoms with E-state index in [1.807, 2.05) is 11.3 Å². The summed E-state index contributed by atoms with van der Waals surface area (Å²) in [4.78, 5) is 0. The van der Waals surface area contributed by atoms with Crippen LogP contribution in [0.5, 0.6) is 0 Å². The number of ether oxygens (including phenoxy) is 2. The lowest BCUT2D eigenvalue weighted by Gasteiger charge is -2.07. The second-order valence-corrected chi connectivity index (χ2v) is 8.04. The predicted octanol–water partition coefficient (Wildman–Crippen LogP) is 6.65. The van der Waals surface area contributed by atoms with Crippen LogP contribution in [0.25, 0.3) is 41.7 Å². The van der Waals surface area contributed by atoms with E-state index in [4.69, 9.17) is 9.47 Å². The van der Waals surface area contributed by atoms with Gasteiger partial charge in [-0.2, -0.15) is 0 Å². The summed E-state index contributed by atoms with van der Waals surface area (Å²) in [6, 6.07) is 22.2. The number of hydrogen-bond acceptors (Lipinski definition) is 3. The van der Waals surface area contributed by atoms with Crippen molar-refractivity contribution < 1.29 is 9.47 Å². The van der Waals surface area contributed by atoms with Crippen molar-refractivity contribution >= 4 is 53.1 Å². The highest BCUT2D eigenvalue weighted by Crippen LogP contribution is 2.42. The summed E-state index contributed by atoms with van der Waals surface area (Å²) in [5.41, 5.74) is 2.41. The molecule has 0 amide bonds. The van der Waals surface area contributed by atoms with Crippen LogP contribution in [0, 0.1) is 0 Å². The first kappa shape index (κ1) is 16.7. The Balaban J connectivity index is 1.94. The van der Waals surface area contributed by atoms with Crippen molar-refractivity contribution in [3.8, 4) is 0 Å². The van der Waals surface area contributed by atoms with E-state index < -0.39 is 0 Å². The maximum absolute atomic E-state index is 5.36. The third-order valence-corrected chi connectivity index (χ3v) is 6.31. The second-order valence-electron chi connectivity index (χ2n) is 6.96. The van der Waals surface area contributed by atoms with Crippen LogP contribution in [-0.4, -0.2) is 14.2 Å². The Kier molecular flexibility index (Phi) is 4.09. The van der Waals surface area contributed by atoms with Crippen LogP contribution in [0.15, 0.2) is 60.7 Å². The first-order valence-corrected chi connectivity index (χ1v) is 9.87. The van der Waals surface area contributed by atoms with Crippen LogP contribution >= 0.6 is 11.3 Å². The van der Waals surface area contributed by atoms with Crippen molar-refractivity contribution in [1.82, 2.24) is 0 Å². The first-order valence-electron chi connectivity index (χ1n) is 9.06. The lowest BCUT2D eigenvalue weighted by Crippen LogP contribution is -1.88. The molecule has 0 bridgehead atoms. The van der Waals surface area contributed by atoms with Crippen LogP contribution in [0.1, 0.15) is 11.1 Å². The highest BCUT2D eigenvalue weighted by molar-refractivity contribution is 7.26. The van der Waals surface area contributed by atoms with Gasteiger partial charge in [0.05, 0.1) is 13.2 Å². The van der Waals surface area contributed by atoms with Gasteiger partial charge in [0.1, 0.15) is 0 Å². The molecule has 5 rings (SSSR count). The molecule has 0 aliphatic carbocycles. The molecule has 1 heterocycles. The quantitative estimate of drug-likeness (QED) is 0.351. The Hall–Kier alpha value is -2.46. The minimum atomic E-state index is 0.632. The fraction of sp³-hybridized carbons (Fsp3) is 0.167. The zero-order chi connectivity index (χ0) is 18.4. The molecule has 27 heavy (non-hydrogen) atoms. The predicted molar refractivity (Wildman–Crippen MR) is 116 cm³/mol. The smallest absolute Gasteiger partial charge is 0.0713 e. The van der Waals surface area contributed by atoms with Crippen molar-refractivity contribution in [1.29, 1.82) is 0 Å². The summed E-state index contributed by atoms with van der Waals surface area (Å²) in [6.45, 7) is 1.26. The largest absolute Gasteiger partial charge is 0.380 e. The molecule has 0 aliphatic rings. The Morgan fingerprint density at radius 3 is 1.52 bits per heavy atom. The summed E-state index contributed by atoms with van der Waals surface area (Å²) >= 11 is 1.87. The monoisotopic (exact) mass is 372 g/mol. The highest BCUT2D eigenvalue weighted by atomic mass is 32.1. The van der Waals surface area contributed by atoms with E-state index in [2.05, 4.69) is 60.7 Å². The molecule has 0 aliphatic heterocycles. The van der Waals surface area contributed by atoms with E-state index in [1.165, 1.54) is 52.8 Å². The third-order valence-electron chi connectivity index (χ3n) is 5.19. The van der Waals surface area contributed by atoms with Crippen molar-refractivity contribution in [2.75, 3.05) is 14.2 Å². The molecule has 2 nitrogen and oxygen atoms in total. The molecule has 3 heteroatoms. The second kappa shape index (κ2) is 6.61. The van der Waals surface area contributed by atoms with Gasteiger partial charge in [0, 0.05) is 34.4 Å². The average Bonchev–Trinajstić information content (AvgIpc) is 3.08. The first-order chi connectivity index (χ1) is 13.3. The molecule has 0 spiro atoms. The van der Waals surface area contributed by atoms with Gasteiger partial charge in [-0.1, -0.05) is 36.4 Å². The molecular formula is C24H20O2S. The van der Waals surface area contributed by atoms with Gasteiger partial charge in [0.25, 0.3) is 0 Å². The van der Waals surface area contributed by atoms with E-state index in [1.54, 1.807) is 14.2 Å². The number of rotatable bonds is 4. The zero-order valence-electron chi connectivity index (χ0n) is 15.4. The van der Waals surface area contributed by atoms with Crippen LogP contribution < -0.4 is 0 Å². The maximum Gasteiger partial charge on any atom is 0.0713 e. The van der Waals surface area contributed by atoms with Crippen LogP contribution in [0.2, 0.25) is 0 Å². The third kappa shape index (κ3) is 2.71. The van der Waals surface area contributed by atoms with Gasteiger partial charge in [-0.25, -0.2) is 0 Å². The number of methoxy groups -OCH3 is 2. The van der Waals surface area contributed by atoms with Gasteiger partial charge in [0.15, 0.2) is 0 Å². The molecule has 0 saturated carbocycles. The van der Waals surface area contributed by atoms with Crippen LogP contribution in [0.3, 0.4) is 0 Å². The molecule has 134 valence electrons. The topological polar surface area (TPSA) is 18.5 Å². The Morgan fingerprint density at radius 1 is 0.630 bits per heavy atom. The molecule has 0 N–H and O–H groups in total. The number of hydrogen-bond donors (Lipinski definition) is 0. The number of benzene rings is 4. The van der Waals surface area contributed by atoms with E-state index >= 15 is 0 Å². The maximum atomic E-state index is 5.36. The standard InChI is InChI=1S/C24H20O2S/c1-25-13-15-3-5-17-7-9-21-23(19(17)11-15)24-20-12-16(14-26-2)4-6-18(20)8-10-22(24)27-21/h3-12H,13-14H2,1-2H3. The van der Waals surface area contributed by atoms with Crippen LogP contribution in [0.4, 0.5) is 0 Å². The van der Waals surface area contributed by atoms with E-state index in [9.17, 15) is 0 Å². The molecule has 0 unspecified atom stereocenters. The van der Waals surface area contributed by atoms with Crippen molar-refractivity contribution in [2.24, 2.45) is 0 Å². The number of fused-ring (bicyclic) bond motifs is 7. The highest BCUT2D eigenvalue weighted by Gasteiger charge is 2.13. The Morgan fingerprint density at radius 2 is 1.07 bits per heavy atom. The van der Waals surface area contributed by atoms with E-state index in [0.29, 0.717) is 13.2 Å². The van der Waals surface area contributed by atoms with Crippen molar-refractivity contribution in [3.63, 3.8) is 0 Å². The minimum Gasteiger partial charge on any atom is -0.380 e. The van der Waals surface area contributed by atoms with Crippen molar-refractivity contribution in [2.45, 2.75) is 13.2 Å². The lowest BCUT2D eigenvalue weighted by atomic mass is 9.97. The average molecular weight is 372 g/mol. The molecule has 0 saturated heterocycles. The summed E-state index contributed by atoms with van der Waals surface area (Å²) < 4.78 is 13.4. The molecule has 0 atom stereocenters. The summed E-state index contributed by atoms with van der Waals surface area (Å²) in [7, 11) is 3.49. The van der Waals surface area contributed by atoms with Gasteiger partial charge < -0.3 is 9.47 Å². The summed E-state index contributed by atoms with van der Waals surface area (Å²) in [5, 5.41) is 7.85. The lowest BCUT2D eigenvalue weighted by molar-refractivity contribution is 0.185. The Bertz CT molecular complexity index is 1200. The molecule has 0 fully saturated rings. The molecule has 4 aromatic carbocycles. The normalized spacial score (nSPS) is 11.9.